The summed E-state index contributed by atoms with van der Waals surface area (Å²) >= 11 is 1.83. The van der Waals surface area contributed by atoms with Crippen molar-refractivity contribution >= 4 is 21.4 Å². The molecule has 3 N–H and O–H groups in total. The number of phenolic OH excluding ortho intramolecular Hbond substituents is 1. The molecule has 0 spiro atoms. The average Bonchev–Trinajstić information content (AvgIpc) is 3.17. The third-order valence-corrected chi connectivity index (χ3v) is 7.63. The summed E-state index contributed by atoms with van der Waals surface area (Å²) in [6.07, 6.45) is 4.54. The highest BCUT2D eigenvalue weighted by atomic mass is 32.1. The zero-order valence-electron chi connectivity index (χ0n) is 17.0. The van der Waals surface area contributed by atoms with E-state index in [0.29, 0.717) is 18.6 Å². The minimum Gasteiger partial charge on any atom is -0.507 e. The van der Waals surface area contributed by atoms with Gasteiger partial charge in [-0.3, -0.25) is 0 Å². The molecule has 30 heavy (non-hydrogen) atoms. The van der Waals surface area contributed by atoms with Gasteiger partial charge in [0.2, 0.25) is 0 Å². The Hall–Kier alpha value is -1.92. The van der Waals surface area contributed by atoms with Crippen LogP contribution in [-0.2, 0) is 24.0 Å². The van der Waals surface area contributed by atoms with E-state index in [9.17, 15) is 15.3 Å². The van der Waals surface area contributed by atoms with Crippen molar-refractivity contribution in [3.05, 3.63) is 63.5 Å². The number of phenols is 1. The molecule has 0 saturated carbocycles. The molecule has 2 aliphatic rings. The number of aliphatic hydroxyl groups is 2. The molecule has 4 nitrogen and oxygen atoms in total. The molecule has 1 aromatic heterocycles. The fourth-order valence-corrected chi connectivity index (χ4v) is 6.15. The Labute approximate surface area is 180 Å². The van der Waals surface area contributed by atoms with Crippen molar-refractivity contribution in [3.8, 4) is 5.75 Å². The van der Waals surface area contributed by atoms with Crippen molar-refractivity contribution in [2.75, 3.05) is 6.61 Å². The quantitative estimate of drug-likeness (QED) is 0.570. The predicted molar refractivity (Wildman–Crippen MR) is 119 cm³/mol. The molecular formula is C25H28O4S. The summed E-state index contributed by atoms with van der Waals surface area (Å²) < 4.78 is 7.35. The Kier molecular flexibility index (Phi) is 5.54. The van der Waals surface area contributed by atoms with E-state index >= 15 is 0 Å². The maximum absolute atomic E-state index is 11.1. The van der Waals surface area contributed by atoms with Crippen LogP contribution in [0.25, 0.3) is 10.1 Å². The van der Waals surface area contributed by atoms with Crippen molar-refractivity contribution in [3.63, 3.8) is 0 Å². The standard InChI is InChI=1S/C25H28O4S/c26-14-18-12-17(27)13-23(29-18)22-11-16(20-6-2-3-7-21(20)25(22)28)10-19-9-15-5-1-4-8-24(15)30-19/h1,4-5,8-9,11,17-18,23,26-28H,2-3,6-7,10,12-14H2/t17-,18-,23+/m0/s1. The normalized spacial score (nSPS) is 24.1. The molecule has 0 bridgehead atoms. The van der Waals surface area contributed by atoms with Gasteiger partial charge in [-0.15, -0.1) is 11.3 Å². The molecule has 2 heterocycles. The summed E-state index contributed by atoms with van der Waals surface area (Å²) in [6, 6.07) is 12.8. The van der Waals surface area contributed by atoms with Gasteiger partial charge in [-0.1, -0.05) is 18.2 Å². The molecule has 1 fully saturated rings. The summed E-state index contributed by atoms with van der Waals surface area (Å²) in [6.45, 7) is -0.117. The van der Waals surface area contributed by atoms with Gasteiger partial charge < -0.3 is 20.1 Å². The average molecular weight is 425 g/mol. The second-order valence-electron chi connectivity index (χ2n) is 8.62. The maximum Gasteiger partial charge on any atom is 0.124 e. The third-order valence-electron chi connectivity index (χ3n) is 6.51. The molecule has 2 aromatic carbocycles. The molecule has 3 atom stereocenters. The van der Waals surface area contributed by atoms with Gasteiger partial charge in [-0.25, -0.2) is 0 Å². The van der Waals surface area contributed by atoms with E-state index in [0.717, 1.165) is 43.2 Å². The molecule has 1 saturated heterocycles. The van der Waals surface area contributed by atoms with Crippen molar-refractivity contribution in [1.82, 2.24) is 0 Å². The molecule has 158 valence electrons. The Morgan fingerprint density at radius 2 is 1.83 bits per heavy atom. The molecule has 0 unspecified atom stereocenters. The number of thiophene rings is 1. The SMILES string of the molecule is OC[C@@H]1C[C@H](O)C[C@H](c2cc(Cc3cc4ccccc4s3)c3c(c2O)CCCC3)O1. The van der Waals surface area contributed by atoms with Crippen molar-refractivity contribution in [2.24, 2.45) is 0 Å². The van der Waals surface area contributed by atoms with Crippen LogP contribution in [-0.4, -0.2) is 34.1 Å². The number of ether oxygens (including phenoxy) is 1. The molecule has 3 aromatic rings. The maximum atomic E-state index is 11.1. The highest BCUT2D eigenvalue weighted by Gasteiger charge is 2.32. The number of hydrogen-bond acceptors (Lipinski definition) is 5. The lowest BCUT2D eigenvalue weighted by molar-refractivity contribution is -0.114. The fraction of sp³-hybridized carbons (Fsp3) is 0.440. The minimum atomic E-state index is -0.526. The summed E-state index contributed by atoms with van der Waals surface area (Å²) in [5.41, 5.74) is 4.37. The lowest BCUT2D eigenvalue weighted by atomic mass is 9.82. The van der Waals surface area contributed by atoms with Crippen LogP contribution in [0.15, 0.2) is 36.4 Å². The first-order chi connectivity index (χ1) is 14.6. The van der Waals surface area contributed by atoms with Crippen LogP contribution < -0.4 is 0 Å². The molecule has 5 heteroatoms. The number of benzene rings is 2. The summed E-state index contributed by atoms with van der Waals surface area (Å²) in [4.78, 5) is 1.32. The number of rotatable bonds is 4. The van der Waals surface area contributed by atoms with E-state index in [1.54, 1.807) is 0 Å². The molecular weight excluding hydrogens is 396 g/mol. The van der Waals surface area contributed by atoms with Gasteiger partial charge in [0.1, 0.15) is 5.75 Å². The van der Waals surface area contributed by atoms with E-state index in [4.69, 9.17) is 4.74 Å². The Morgan fingerprint density at radius 1 is 1.03 bits per heavy atom. The second kappa shape index (κ2) is 8.31. The van der Waals surface area contributed by atoms with Crippen LogP contribution in [0.2, 0.25) is 0 Å². The van der Waals surface area contributed by atoms with E-state index in [-0.39, 0.29) is 18.8 Å². The van der Waals surface area contributed by atoms with Crippen LogP contribution in [0.3, 0.4) is 0 Å². The zero-order chi connectivity index (χ0) is 20.7. The highest BCUT2D eigenvalue weighted by molar-refractivity contribution is 7.19. The first kappa shape index (κ1) is 20.0. The van der Waals surface area contributed by atoms with Gasteiger partial charge in [-0.2, -0.15) is 0 Å². The third kappa shape index (κ3) is 3.76. The van der Waals surface area contributed by atoms with E-state index in [1.165, 1.54) is 26.1 Å². The molecule has 5 rings (SSSR count). The van der Waals surface area contributed by atoms with E-state index in [1.807, 2.05) is 11.3 Å². The van der Waals surface area contributed by atoms with Crippen LogP contribution >= 0.6 is 11.3 Å². The van der Waals surface area contributed by atoms with Crippen LogP contribution in [0.5, 0.6) is 5.75 Å². The largest absolute Gasteiger partial charge is 0.507 e. The molecule has 1 aliphatic carbocycles. The van der Waals surface area contributed by atoms with Crippen LogP contribution in [0.1, 0.15) is 58.9 Å². The minimum absolute atomic E-state index is 0.117. The number of hydrogen-bond donors (Lipinski definition) is 3. The fourth-order valence-electron chi connectivity index (χ4n) is 5.06. The first-order valence-corrected chi connectivity index (χ1v) is 11.7. The number of fused-ring (bicyclic) bond motifs is 2. The van der Waals surface area contributed by atoms with Gasteiger partial charge in [0.15, 0.2) is 0 Å². The first-order valence-electron chi connectivity index (χ1n) is 10.9. The molecule has 0 radical (unpaired) electrons. The number of aromatic hydroxyl groups is 1. The summed E-state index contributed by atoms with van der Waals surface area (Å²) in [5.74, 6) is 0.334. The van der Waals surface area contributed by atoms with E-state index < -0.39 is 6.10 Å². The second-order valence-corrected chi connectivity index (χ2v) is 9.79. The zero-order valence-corrected chi connectivity index (χ0v) is 17.8. The van der Waals surface area contributed by atoms with Crippen molar-refractivity contribution < 1.29 is 20.1 Å². The Bertz CT molecular complexity index is 1020. The van der Waals surface area contributed by atoms with Gasteiger partial charge in [0, 0.05) is 34.4 Å². The smallest absolute Gasteiger partial charge is 0.124 e. The van der Waals surface area contributed by atoms with Crippen molar-refractivity contribution in [1.29, 1.82) is 0 Å². The van der Waals surface area contributed by atoms with Crippen LogP contribution in [0, 0.1) is 0 Å². The molecule has 1 aliphatic heterocycles. The lowest BCUT2D eigenvalue weighted by Gasteiger charge is -2.34. The van der Waals surface area contributed by atoms with Gasteiger partial charge in [0.25, 0.3) is 0 Å². The number of aliphatic hydroxyl groups excluding tert-OH is 2. The highest BCUT2D eigenvalue weighted by Crippen LogP contribution is 2.43. The monoisotopic (exact) mass is 424 g/mol. The lowest BCUT2D eigenvalue weighted by Crippen LogP contribution is -2.33. The van der Waals surface area contributed by atoms with Crippen LogP contribution in [0.4, 0.5) is 0 Å². The predicted octanol–water partition coefficient (Wildman–Crippen LogP) is 4.65. The topological polar surface area (TPSA) is 69.9 Å². The molecule has 0 amide bonds. The summed E-state index contributed by atoms with van der Waals surface area (Å²) in [7, 11) is 0. The van der Waals surface area contributed by atoms with Gasteiger partial charge in [-0.05, 0) is 66.0 Å². The Balaban J connectivity index is 1.55. The summed E-state index contributed by atoms with van der Waals surface area (Å²) in [5, 5.41) is 32.2. The Morgan fingerprint density at radius 3 is 2.63 bits per heavy atom. The van der Waals surface area contributed by atoms with Crippen molar-refractivity contribution in [2.45, 2.75) is 63.3 Å². The van der Waals surface area contributed by atoms with Gasteiger partial charge >= 0.3 is 0 Å². The van der Waals surface area contributed by atoms with E-state index in [2.05, 4.69) is 36.4 Å². The van der Waals surface area contributed by atoms with Gasteiger partial charge in [0.05, 0.1) is 24.9 Å².